The van der Waals surface area contributed by atoms with Crippen molar-refractivity contribution < 1.29 is 9.42 Å². The molecule has 1 amide bonds. The van der Waals surface area contributed by atoms with Crippen LogP contribution in [-0.4, -0.2) is 16.2 Å². The minimum Gasteiger partial charge on any atom is -0.326 e. The van der Waals surface area contributed by atoms with Gasteiger partial charge >= 0.3 is 0 Å². The van der Waals surface area contributed by atoms with Crippen LogP contribution in [0.3, 0.4) is 0 Å². The fraction of sp³-hybridized carbons (Fsp3) is 0.462. The third kappa shape index (κ3) is 2.20. The van der Waals surface area contributed by atoms with Crippen molar-refractivity contribution in [1.29, 1.82) is 0 Å². The molecule has 5 heteroatoms. The van der Waals surface area contributed by atoms with Crippen molar-refractivity contribution in [2.45, 2.75) is 32.1 Å². The zero-order valence-corrected chi connectivity index (χ0v) is 10.1. The largest absolute Gasteiger partial charge is 0.326 e. The lowest BCUT2D eigenvalue weighted by Gasteiger charge is -2.20. The van der Waals surface area contributed by atoms with Crippen LogP contribution in [0.15, 0.2) is 22.8 Å². The average molecular weight is 245 g/mol. The summed E-state index contributed by atoms with van der Waals surface area (Å²) in [6.07, 6.45) is 5.56. The van der Waals surface area contributed by atoms with Gasteiger partial charge in [-0.3, -0.25) is 4.79 Å². The Labute approximate surface area is 105 Å². The van der Waals surface area contributed by atoms with Gasteiger partial charge in [0.15, 0.2) is 0 Å². The quantitative estimate of drug-likeness (QED) is 0.883. The second-order valence-electron chi connectivity index (χ2n) is 4.79. The number of amides is 1. The predicted molar refractivity (Wildman–Crippen MR) is 67.0 cm³/mol. The number of rotatable bonds is 2. The van der Waals surface area contributed by atoms with Gasteiger partial charge in [0.2, 0.25) is 5.91 Å². The molecule has 1 fully saturated rings. The van der Waals surface area contributed by atoms with E-state index in [2.05, 4.69) is 20.3 Å². The van der Waals surface area contributed by atoms with Gasteiger partial charge in [-0.15, -0.1) is 0 Å². The Kier molecular flexibility index (Phi) is 2.96. The highest BCUT2D eigenvalue weighted by atomic mass is 16.6. The van der Waals surface area contributed by atoms with Gasteiger partial charge in [0, 0.05) is 11.6 Å². The van der Waals surface area contributed by atoms with Crippen LogP contribution in [0.5, 0.6) is 0 Å². The van der Waals surface area contributed by atoms with Crippen LogP contribution < -0.4 is 5.32 Å². The summed E-state index contributed by atoms with van der Waals surface area (Å²) in [7, 11) is 0. The minimum absolute atomic E-state index is 0.116. The molecule has 1 aromatic carbocycles. The molecule has 1 aliphatic carbocycles. The number of hydrogen-bond acceptors (Lipinski definition) is 4. The van der Waals surface area contributed by atoms with Gasteiger partial charge in [0.25, 0.3) is 0 Å². The molecule has 3 rings (SSSR count). The molecular formula is C13H15N3O2. The zero-order valence-electron chi connectivity index (χ0n) is 10.1. The lowest BCUT2D eigenvalue weighted by molar-refractivity contribution is -0.120. The van der Waals surface area contributed by atoms with E-state index in [1.165, 1.54) is 6.42 Å². The lowest BCUT2D eigenvalue weighted by atomic mass is 9.88. The Morgan fingerprint density at radius 1 is 1.17 bits per heavy atom. The number of aromatic nitrogens is 2. The fourth-order valence-electron chi connectivity index (χ4n) is 2.47. The Balaban J connectivity index is 1.72. The minimum atomic E-state index is 0.116. The van der Waals surface area contributed by atoms with Crippen LogP contribution in [0.25, 0.3) is 11.0 Å². The number of nitrogens with one attached hydrogen (secondary N) is 1. The van der Waals surface area contributed by atoms with E-state index in [0.29, 0.717) is 11.0 Å². The molecule has 1 heterocycles. The van der Waals surface area contributed by atoms with Crippen LogP contribution in [0.1, 0.15) is 32.1 Å². The molecule has 0 radical (unpaired) electrons. The zero-order chi connectivity index (χ0) is 12.4. The van der Waals surface area contributed by atoms with Crippen LogP contribution in [0.4, 0.5) is 5.69 Å². The smallest absolute Gasteiger partial charge is 0.227 e. The topological polar surface area (TPSA) is 68.0 Å². The molecule has 0 saturated heterocycles. The van der Waals surface area contributed by atoms with Gasteiger partial charge in [-0.05, 0) is 41.4 Å². The van der Waals surface area contributed by atoms with Gasteiger partial charge in [-0.25, -0.2) is 4.63 Å². The third-order valence-corrected chi connectivity index (χ3v) is 3.50. The summed E-state index contributed by atoms with van der Waals surface area (Å²) in [5, 5.41) is 10.4. The average Bonchev–Trinajstić information content (AvgIpc) is 2.87. The number of carbonyl (C=O) groups is 1. The number of hydrogen-bond donors (Lipinski definition) is 1. The molecule has 0 atom stereocenters. The number of benzene rings is 1. The molecule has 0 aliphatic heterocycles. The number of nitrogens with zero attached hydrogens (tertiary/aromatic N) is 2. The van der Waals surface area contributed by atoms with Crippen molar-refractivity contribution in [2.75, 3.05) is 5.32 Å². The highest BCUT2D eigenvalue weighted by molar-refractivity contribution is 5.94. The highest BCUT2D eigenvalue weighted by Gasteiger charge is 2.21. The van der Waals surface area contributed by atoms with E-state index in [4.69, 9.17) is 0 Å². The summed E-state index contributed by atoms with van der Waals surface area (Å²) >= 11 is 0. The van der Waals surface area contributed by atoms with Crippen LogP contribution in [-0.2, 0) is 4.79 Å². The van der Waals surface area contributed by atoms with E-state index in [1.54, 1.807) is 12.1 Å². The maximum Gasteiger partial charge on any atom is 0.227 e. The van der Waals surface area contributed by atoms with E-state index >= 15 is 0 Å². The monoisotopic (exact) mass is 245 g/mol. The second kappa shape index (κ2) is 4.76. The first-order chi connectivity index (χ1) is 8.83. The van der Waals surface area contributed by atoms with Gasteiger partial charge in [0.1, 0.15) is 11.0 Å². The summed E-state index contributed by atoms with van der Waals surface area (Å²) < 4.78 is 4.63. The maximum absolute atomic E-state index is 12.1. The molecule has 18 heavy (non-hydrogen) atoms. The SMILES string of the molecule is O=C(Nc1ccc2nonc2c1)C1CCCCC1. The molecule has 2 aromatic rings. The van der Waals surface area contributed by atoms with E-state index in [0.717, 1.165) is 31.4 Å². The summed E-state index contributed by atoms with van der Waals surface area (Å²) in [5.74, 6) is 0.274. The number of carbonyl (C=O) groups excluding carboxylic acids is 1. The summed E-state index contributed by atoms with van der Waals surface area (Å²) in [6, 6.07) is 5.40. The van der Waals surface area contributed by atoms with Crippen molar-refractivity contribution in [3.63, 3.8) is 0 Å². The predicted octanol–water partition coefficient (Wildman–Crippen LogP) is 2.74. The molecule has 0 spiro atoms. The number of anilines is 1. The van der Waals surface area contributed by atoms with Crippen molar-refractivity contribution in [3.05, 3.63) is 18.2 Å². The first kappa shape index (κ1) is 11.2. The summed E-state index contributed by atoms with van der Waals surface area (Å²) in [5.41, 5.74) is 2.12. The molecular weight excluding hydrogens is 230 g/mol. The Bertz CT molecular complexity index is 558. The highest BCUT2D eigenvalue weighted by Crippen LogP contribution is 2.25. The fourth-order valence-corrected chi connectivity index (χ4v) is 2.47. The summed E-state index contributed by atoms with van der Waals surface area (Å²) in [4.78, 5) is 12.1. The molecule has 0 unspecified atom stereocenters. The number of fused-ring (bicyclic) bond motifs is 1. The standard InChI is InChI=1S/C13H15N3O2/c17-13(9-4-2-1-3-5-9)14-10-6-7-11-12(8-10)16-18-15-11/h6-9H,1-5H2,(H,14,17). The van der Waals surface area contributed by atoms with E-state index in [9.17, 15) is 4.79 Å². The summed E-state index contributed by atoms with van der Waals surface area (Å²) in [6.45, 7) is 0. The Morgan fingerprint density at radius 2 is 1.94 bits per heavy atom. The van der Waals surface area contributed by atoms with Crippen LogP contribution in [0, 0.1) is 5.92 Å². The molecule has 0 bridgehead atoms. The van der Waals surface area contributed by atoms with Gasteiger partial charge in [0.05, 0.1) is 0 Å². The maximum atomic E-state index is 12.1. The van der Waals surface area contributed by atoms with E-state index in [-0.39, 0.29) is 11.8 Å². The molecule has 1 saturated carbocycles. The van der Waals surface area contributed by atoms with Crippen molar-refractivity contribution in [2.24, 2.45) is 5.92 Å². The van der Waals surface area contributed by atoms with Crippen LogP contribution in [0.2, 0.25) is 0 Å². The first-order valence-corrected chi connectivity index (χ1v) is 6.36. The second-order valence-corrected chi connectivity index (χ2v) is 4.79. The molecule has 1 aliphatic rings. The van der Waals surface area contributed by atoms with Gasteiger partial charge in [-0.1, -0.05) is 19.3 Å². The van der Waals surface area contributed by atoms with Crippen molar-refractivity contribution in [3.8, 4) is 0 Å². The lowest BCUT2D eigenvalue weighted by Crippen LogP contribution is -2.24. The Morgan fingerprint density at radius 3 is 2.78 bits per heavy atom. The molecule has 5 nitrogen and oxygen atoms in total. The molecule has 1 aromatic heterocycles. The first-order valence-electron chi connectivity index (χ1n) is 6.36. The Hall–Kier alpha value is -1.91. The van der Waals surface area contributed by atoms with Gasteiger partial charge in [-0.2, -0.15) is 0 Å². The van der Waals surface area contributed by atoms with Crippen molar-refractivity contribution in [1.82, 2.24) is 10.3 Å². The van der Waals surface area contributed by atoms with Gasteiger partial charge < -0.3 is 5.32 Å². The normalized spacial score (nSPS) is 16.9. The van der Waals surface area contributed by atoms with E-state index < -0.39 is 0 Å². The third-order valence-electron chi connectivity index (χ3n) is 3.50. The molecule has 94 valence electrons. The molecule has 1 N–H and O–H groups in total. The van der Waals surface area contributed by atoms with E-state index in [1.807, 2.05) is 6.07 Å². The van der Waals surface area contributed by atoms with Crippen molar-refractivity contribution >= 4 is 22.6 Å². The van der Waals surface area contributed by atoms with Crippen LogP contribution >= 0.6 is 0 Å².